The van der Waals surface area contributed by atoms with Crippen molar-refractivity contribution in [2.75, 3.05) is 11.9 Å². The molecule has 0 fully saturated rings. The van der Waals surface area contributed by atoms with Crippen LogP contribution in [0, 0.1) is 24.0 Å². The van der Waals surface area contributed by atoms with Crippen molar-refractivity contribution in [1.29, 1.82) is 0 Å². The number of hydrogen-bond acceptors (Lipinski definition) is 7. The number of carbonyl (C=O) groups excluding carboxylic acids is 2. The number of para-hydroxylation sites is 1. The van der Waals surface area contributed by atoms with Gasteiger partial charge in [0.05, 0.1) is 17.2 Å². The first kappa shape index (κ1) is 17.5. The Morgan fingerprint density at radius 1 is 1.38 bits per heavy atom. The highest BCUT2D eigenvalue weighted by molar-refractivity contribution is 7.17. The summed E-state index contributed by atoms with van der Waals surface area (Å²) in [6, 6.07) is 4.49. The second kappa shape index (κ2) is 7.18. The van der Waals surface area contributed by atoms with Crippen molar-refractivity contribution >= 4 is 34.0 Å². The number of thiazole rings is 1. The fraction of sp³-hybridized carbons (Fsp3) is 0.267. The van der Waals surface area contributed by atoms with Crippen LogP contribution in [0.3, 0.4) is 0 Å². The number of carbonyl (C=O) groups is 2. The Balaban J connectivity index is 2.29. The molecule has 0 aliphatic heterocycles. The predicted octanol–water partition coefficient (Wildman–Crippen LogP) is 3.10. The molecule has 0 bridgehead atoms. The Kier molecular flexibility index (Phi) is 5.24. The summed E-state index contributed by atoms with van der Waals surface area (Å²) in [6.45, 7) is 5.09. The van der Waals surface area contributed by atoms with Gasteiger partial charge in [-0.25, -0.2) is 9.78 Å². The van der Waals surface area contributed by atoms with Crippen molar-refractivity contribution in [2.24, 2.45) is 0 Å². The van der Waals surface area contributed by atoms with Crippen LogP contribution >= 0.6 is 11.3 Å². The summed E-state index contributed by atoms with van der Waals surface area (Å²) in [5, 5.41) is 13.8. The quantitative estimate of drug-likeness (QED) is 0.504. The number of esters is 1. The molecule has 1 N–H and O–H groups in total. The highest BCUT2D eigenvalue weighted by atomic mass is 32.1. The molecule has 1 aromatic carbocycles. The summed E-state index contributed by atoms with van der Waals surface area (Å²) < 4.78 is 4.91. The Hall–Kier alpha value is -2.81. The number of benzene rings is 1. The van der Waals surface area contributed by atoms with Gasteiger partial charge in [0, 0.05) is 5.56 Å². The zero-order valence-electron chi connectivity index (χ0n) is 13.3. The number of nitrogens with zero attached hydrogens (tertiary/aromatic N) is 2. The summed E-state index contributed by atoms with van der Waals surface area (Å²) in [6.07, 6.45) is 0. The molecule has 126 valence electrons. The molecule has 9 heteroatoms. The SMILES string of the molecule is CCOC(=O)c1sc(NC(=O)c2cccc(C)c2[N+](=O)[O-])nc1C. The lowest BCUT2D eigenvalue weighted by molar-refractivity contribution is -0.385. The summed E-state index contributed by atoms with van der Waals surface area (Å²) in [5.74, 6) is -1.18. The van der Waals surface area contributed by atoms with Crippen LogP contribution in [0.1, 0.15) is 38.2 Å². The zero-order chi connectivity index (χ0) is 17.9. The van der Waals surface area contributed by atoms with Crippen molar-refractivity contribution in [1.82, 2.24) is 4.98 Å². The second-order valence-electron chi connectivity index (χ2n) is 4.84. The molecule has 24 heavy (non-hydrogen) atoms. The lowest BCUT2D eigenvalue weighted by Crippen LogP contribution is -2.14. The molecule has 0 unspecified atom stereocenters. The van der Waals surface area contributed by atoms with Crippen molar-refractivity contribution in [3.63, 3.8) is 0 Å². The molecule has 2 aromatic rings. The third-order valence-corrected chi connectivity index (χ3v) is 4.20. The van der Waals surface area contributed by atoms with E-state index in [0.29, 0.717) is 11.3 Å². The van der Waals surface area contributed by atoms with E-state index in [0.717, 1.165) is 11.3 Å². The second-order valence-corrected chi connectivity index (χ2v) is 5.84. The van der Waals surface area contributed by atoms with Crippen molar-refractivity contribution in [3.8, 4) is 0 Å². The normalized spacial score (nSPS) is 10.3. The maximum atomic E-state index is 12.3. The van der Waals surface area contributed by atoms with Crippen molar-refractivity contribution in [2.45, 2.75) is 20.8 Å². The van der Waals surface area contributed by atoms with Crippen LogP contribution in [-0.4, -0.2) is 28.4 Å². The van der Waals surface area contributed by atoms with Crippen LogP contribution in [-0.2, 0) is 4.74 Å². The summed E-state index contributed by atoms with van der Waals surface area (Å²) in [7, 11) is 0. The zero-order valence-corrected chi connectivity index (χ0v) is 14.1. The van der Waals surface area contributed by atoms with E-state index in [1.165, 1.54) is 6.07 Å². The summed E-state index contributed by atoms with van der Waals surface area (Å²) >= 11 is 0.962. The molecule has 0 spiro atoms. The number of rotatable bonds is 5. The minimum absolute atomic E-state index is 0.0643. The van der Waals surface area contributed by atoms with E-state index in [1.807, 2.05) is 0 Å². The third-order valence-electron chi connectivity index (χ3n) is 3.14. The lowest BCUT2D eigenvalue weighted by atomic mass is 10.1. The maximum Gasteiger partial charge on any atom is 0.350 e. The van der Waals surface area contributed by atoms with E-state index >= 15 is 0 Å². The molecule has 0 saturated heterocycles. The number of nitro groups is 1. The molecule has 2 rings (SSSR count). The van der Waals surface area contributed by atoms with Gasteiger partial charge in [-0.2, -0.15) is 0 Å². The minimum atomic E-state index is -0.658. The van der Waals surface area contributed by atoms with Gasteiger partial charge in [-0.05, 0) is 26.8 Å². The maximum absolute atomic E-state index is 12.3. The number of aromatic nitrogens is 1. The van der Waals surface area contributed by atoms with Gasteiger partial charge < -0.3 is 4.74 Å². The molecule has 1 aromatic heterocycles. The van der Waals surface area contributed by atoms with Crippen LogP contribution in [0.4, 0.5) is 10.8 Å². The number of hydrogen-bond donors (Lipinski definition) is 1. The molecule has 0 aliphatic rings. The fourth-order valence-corrected chi connectivity index (χ4v) is 2.94. The first-order valence-electron chi connectivity index (χ1n) is 7.05. The Morgan fingerprint density at radius 2 is 2.08 bits per heavy atom. The van der Waals surface area contributed by atoms with Gasteiger partial charge in [0.15, 0.2) is 5.13 Å². The molecule has 1 heterocycles. The van der Waals surface area contributed by atoms with E-state index in [1.54, 1.807) is 32.9 Å². The van der Waals surface area contributed by atoms with Crippen LogP contribution in [0.2, 0.25) is 0 Å². The van der Waals surface area contributed by atoms with E-state index < -0.39 is 16.8 Å². The lowest BCUT2D eigenvalue weighted by Gasteiger charge is -2.04. The monoisotopic (exact) mass is 349 g/mol. The highest BCUT2D eigenvalue weighted by Gasteiger charge is 2.24. The number of anilines is 1. The van der Waals surface area contributed by atoms with Crippen LogP contribution < -0.4 is 5.32 Å². The standard InChI is InChI=1S/C15H15N3O5S/c1-4-23-14(20)12-9(3)16-15(24-12)17-13(19)10-7-5-6-8(2)11(10)18(21)22/h5-7H,4H2,1-3H3,(H,16,17,19). The van der Waals surface area contributed by atoms with Gasteiger partial charge in [0.1, 0.15) is 10.4 Å². The molecule has 0 aliphatic carbocycles. The molecular weight excluding hydrogens is 334 g/mol. The number of aryl methyl sites for hydroxylation is 2. The number of nitrogens with one attached hydrogen (secondary N) is 1. The van der Waals surface area contributed by atoms with E-state index in [4.69, 9.17) is 4.74 Å². The Bertz CT molecular complexity index is 815. The predicted molar refractivity (Wildman–Crippen MR) is 88.6 cm³/mol. The molecule has 0 atom stereocenters. The molecular formula is C15H15N3O5S. The number of amides is 1. The van der Waals surface area contributed by atoms with Gasteiger partial charge >= 0.3 is 5.97 Å². The smallest absolute Gasteiger partial charge is 0.350 e. The number of nitro benzene ring substituents is 1. The van der Waals surface area contributed by atoms with Gasteiger partial charge in [-0.1, -0.05) is 23.5 Å². The first-order chi connectivity index (χ1) is 11.3. The molecule has 1 amide bonds. The van der Waals surface area contributed by atoms with E-state index in [9.17, 15) is 19.7 Å². The Morgan fingerprint density at radius 3 is 2.71 bits per heavy atom. The molecule has 0 saturated carbocycles. The molecule has 0 radical (unpaired) electrons. The summed E-state index contributed by atoms with van der Waals surface area (Å²) in [4.78, 5) is 39.1. The topological polar surface area (TPSA) is 111 Å². The van der Waals surface area contributed by atoms with Gasteiger partial charge in [-0.3, -0.25) is 20.2 Å². The van der Waals surface area contributed by atoms with E-state index in [2.05, 4.69) is 10.3 Å². The van der Waals surface area contributed by atoms with Gasteiger partial charge in [0.25, 0.3) is 11.6 Å². The third kappa shape index (κ3) is 3.57. The first-order valence-corrected chi connectivity index (χ1v) is 7.86. The van der Waals surface area contributed by atoms with Gasteiger partial charge in [0.2, 0.25) is 0 Å². The number of ether oxygens (including phenoxy) is 1. The fourth-order valence-electron chi connectivity index (χ4n) is 2.08. The largest absolute Gasteiger partial charge is 0.462 e. The highest BCUT2D eigenvalue weighted by Crippen LogP contribution is 2.27. The minimum Gasteiger partial charge on any atom is -0.462 e. The summed E-state index contributed by atoms with van der Waals surface area (Å²) in [5.41, 5.74) is 0.488. The van der Waals surface area contributed by atoms with E-state index in [-0.39, 0.29) is 27.9 Å². The molecule has 8 nitrogen and oxygen atoms in total. The average Bonchev–Trinajstić information content (AvgIpc) is 2.87. The van der Waals surface area contributed by atoms with Crippen LogP contribution in [0.15, 0.2) is 18.2 Å². The Labute approximate surface area is 141 Å². The average molecular weight is 349 g/mol. The van der Waals surface area contributed by atoms with Crippen LogP contribution in [0.25, 0.3) is 0 Å². The van der Waals surface area contributed by atoms with Crippen LogP contribution in [0.5, 0.6) is 0 Å². The van der Waals surface area contributed by atoms with Crippen molar-refractivity contribution in [3.05, 3.63) is 50.0 Å². The van der Waals surface area contributed by atoms with Crippen molar-refractivity contribution < 1.29 is 19.2 Å². The van der Waals surface area contributed by atoms with Gasteiger partial charge in [-0.15, -0.1) is 0 Å².